The fourth-order valence-electron chi connectivity index (χ4n) is 2.43. The molecule has 0 aliphatic carbocycles. The van der Waals surface area contributed by atoms with Crippen LogP contribution < -0.4 is 5.56 Å². The first kappa shape index (κ1) is 19.7. The second-order valence-corrected chi connectivity index (χ2v) is 5.79. The van der Waals surface area contributed by atoms with Gasteiger partial charge in [0.2, 0.25) is 0 Å². The molecule has 1 N–H and O–H groups in total. The first-order valence-corrected chi connectivity index (χ1v) is 7.91. The molecule has 26 heavy (non-hydrogen) atoms. The number of nitrogens with one attached hydrogen (secondary N) is 1. The third-order valence-electron chi connectivity index (χ3n) is 3.32. The molecule has 0 radical (unpaired) electrons. The lowest BCUT2D eigenvalue weighted by Crippen LogP contribution is -2.41. The third kappa shape index (κ3) is 4.73. The molecule has 1 aromatic rings. The minimum atomic E-state index is -1.12. The van der Waals surface area contributed by atoms with E-state index < -0.39 is 48.0 Å². The zero-order valence-corrected chi connectivity index (χ0v) is 15.0. The largest absolute Gasteiger partial charge is 0.463 e. The van der Waals surface area contributed by atoms with Gasteiger partial charge >= 0.3 is 17.9 Å². The number of ether oxygens (including phenoxy) is 4. The molecule has 2 rings (SSSR count). The minimum absolute atomic E-state index is 0.0886. The fraction of sp³-hybridized carbons (Fsp3) is 0.571. The first-order chi connectivity index (χ1) is 12.2. The molecule has 0 aromatic carbocycles. The highest BCUT2D eigenvalue weighted by molar-refractivity contribution is 7.71. The monoisotopic (exact) mass is 387 g/mol. The molecule has 2 heterocycles. The number of rotatable bonds is 5. The number of carbonyl (C=O) groups is 3. The molecule has 0 amide bonds. The molecule has 0 spiro atoms. The first-order valence-electron chi connectivity index (χ1n) is 7.50. The summed E-state index contributed by atoms with van der Waals surface area (Å²) < 4.78 is 22.1. The number of H-pyrrole nitrogens is 1. The Hall–Kier alpha value is -2.60. The topological polar surface area (TPSA) is 139 Å². The summed E-state index contributed by atoms with van der Waals surface area (Å²) in [6.45, 7) is 3.29. The van der Waals surface area contributed by atoms with Crippen molar-refractivity contribution >= 4 is 30.1 Å². The number of aromatic amines is 1. The number of aromatic nitrogens is 3. The Morgan fingerprint density at radius 1 is 1.19 bits per heavy atom. The lowest BCUT2D eigenvalue weighted by molar-refractivity contribution is -0.166. The smallest absolute Gasteiger partial charge is 0.303 e. The van der Waals surface area contributed by atoms with Crippen LogP contribution in [-0.2, 0) is 33.3 Å². The predicted molar refractivity (Wildman–Crippen MR) is 85.3 cm³/mol. The Balaban J connectivity index is 2.41. The Morgan fingerprint density at radius 2 is 1.81 bits per heavy atom. The van der Waals surface area contributed by atoms with E-state index in [0.29, 0.717) is 0 Å². The highest BCUT2D eigenvalue weighted by atomic mass is 32.1. The highest BCUT2D eigenvalue weighted by Crippen LogP contribution is 2.33. The average Bonchev–Trinajstić information content (AvgIpc) is 2.82. The van der Waals surface area contributed by atoms with Gasteiger partial charge in [-0.3, -0.25) is 24.2 Å². The van der Waals surface area contributed by atoms with Crippen molar-refractivity contribution in [2.24, 2.45) is 0 Å². The lowest BCUT2D eigenvalue weighted by Gasteiger charge is -2.23. The predicted octanol–water partition coefficient (Wildman–Crippen LogP) is -0.375. The van der Waals surface area contributed by atoms with Crippen molar-refractivity contribution in [2.75, 3.05) is 6.61 Å². The van der Waals surface area contributed by atoms with Crippen LogP contribution in [0.2, 0.25) is 0 Å². The molecule has 2 unspecified atom stereocenters. The summed E-state index contributed by atoms with van der Waals surface area (Å²) in [6.07, 6.45) is -3.27. The maximum absolute atomic E-state index is 11.5. The molecule has 1 aromatic heterocycles. The molecular formula is C14H17N3O8S. The van der Waals surface area contributed by atoms with Crippen molar-refractivity contribution in [2.45, 2.75) is 45.3 Å². The van der Waals surface area contributed by atoms with E-state index in [1.165, 1.54) is 20.8 Å². The Labute approximate surface area is 152 Å². The van der Waals surface area contributed by atoms with Gasteiger partial charge in [-0.25, -0.2) is 4.68 Å². The molecular weight excluding hydrogens is 370 g/mol. The number of hydrogen-bond acceptors (Lipinski definition) is 10. The summed E-state index contributed by atoms with van der Waals surface area (Å²) in [5.41, 5.74) is -0.527. The minimum Gasteiger partial charge on any atom is -0.463 e. The maximum atomic E-state index is 11.5. The summed E-state index contributed by atoms with van der Waals surface area (Å²) in [7, 11) is 0. The van der Waals surface area contributed by atoms with Gasteiger partial charge < -0.3 is 18.9 Å². The second-order valence-electron chi connectivity index (χ2n) is 5.40. The fourth-order valence-corrected chi connectivity index (χ4v) is 2.68. The molecule has 11 nitrogen and oxygen atoms in total. The number of nitrogens with zero attached hydrogens (tertiary/aromatic N) is 2. The molecule has 12 heteroatoms. The van der Waals surface area contributed by atoms with E-state index in [2.05, 4.69) is 10.1 Å². The van der Waals surface area contributed by atoms with E-state index in [1.807, 2.05) is 0 Å². The number of hydrogen-bond donors (Lipinski definition) is 1. The van der Waals surface area contributed by atoms with Gasteiger partial charge in [-0.05, 0) is 12.2 Å². The van der Waals surface area contributed by atoms with E-state index in [4.69, 9.17) is 31.2 Å². The summed E-state index contributed by atoms with van der Waals surface area (Å²) >= 11 is 5.05. The average molecular weight is 387 g/mol. The van der Waals surface area contributed by atoms with Crippen molar-refractivity contribution in [1.29, 1.82) is 0 Å². The van der Waals surface area contributed by atoms with Gasteiger partial charge in [0.25, 0.3) is 5.56 Å². The van der Waals surface area contributed by atoms with E-state index in [1.54, 1.807) is 0 Å². The Bertz CT molecular complexity index is 819. The van der Waals surface area contributed by atoms with Crippen LogP contribution in [0.15, 0.2) is 11.0 Å². The molecule has 4 atom stereocenters. The van der Waals surface area contributed by atoms with Crippen molar-refractivity contribution in [3.05, 3.63) is 21.3 Å². The molecule has 1 saturated heterocycles. The van der Waals surface area contributed by atoms with E-state index >= 15 is 0 Å². The van der Waals surface area contributed by atoms with Gasteiger partial charge in [-0.2, -0.15) is 5.10 Å². The van der Waals surface area contributed by atoms with Gasteiger partial charge in [-0.1, -0.05) is 0 Å². The van der Waals surface area contributed by atoms with Crippen LogP contribution in [0.3, 0.4) is 0 Å². The third-order valence-corrected chi connectivity index (χ3v) is 3.61. The SMILES string of the molecule is CC(=O)OC[C@H]1O[C@@H](n2ncc(=O)[nH]c2=S)C(OC(C)=O)C1OC(C)=O. The summed E-state index contributed by atoms with van der Waals surface area (Å²) in [6, 6.07) is 0. The molecule has 1 fully saturated rings. The van der Waals surface area contributed by atoms with E-state index in [-0.39, 0.29) is 11.4 Å². The maximum Gasteiger partial charge on any atom is 0.303 e. The van der Waals surface area contributed by atoms with Crippen LogP contribution in [0, 0.1) is 4.77 Å². The zero-order chi connectivity index (χ0) is 19.4. The zero-order valence-electron chi connectivity index (χ0n) is 14.2. The van der Waals surface area contributed by atoms with Crippen LogP contribution in [0.4, 0.5) is 0 Å². The Morgan fingerprint density at radius 3 is 2.35 bits per heavy atom. The van der Waals surface area contributed by atoms with Gasteiger partial charge in [0.05, 0.1) is 0 Å². The van der Waals surface area contributed by atoms with Crippen molar-refractivity contribution in [1.82, 2.24) is 14.8 Å². The van der Waals surface area contributed by atoms with Crippen LogP contribution in [0.5, 0.6) is 0 Å². The van der Waals surface area contributed by atoms with Crippen molar-refractivity contribution in [3.63, 3.8) is 0 Å². The lowest BCUT2D eigenvalue weighted by atomic mass is 10.1. The quantitative estimate of drug-likeness (QED) is 0.404. The van der Waals surface area contributed by atoms with Crippen LogP contribution >= 0.6 is 12.2 Å². The van der Waals surface area contributed by atoms with Crippen LogP contribution in [0.1, 0.15) is 27.0 Å². The van der Waals surface area contributed by atoms with Gasteiger partial charge in [0.15, 0.2) is 23.2 Å². The van der Waals surface area contributed by atoms with Crippen molar-refractivity contribution < 1.29 is 33.3 Å². The second kappa shape index (κ2) is 8.19. The molecule has 0 saturated carbocycles. The van der Waals surface area contributed by atoms with Crippen molar-refractivity contribution in [3.8, 4) is 0 Å². The Kier molecular flexibility index (Phi) is 6.21. The summed E-state index contributed by atoms with van der Waals surface area (Å²) in [4.78, 5) is 47.7. The normalized spacial score (nSPS) is 24.7. The van der Waals surface area contributed by atoms with Crippen LogP contribution in [0.25, 0.3) is 0 Å². The van der Waals surface area contributed by atoms with Gasteiger partial charge in [0.1, 0.15) is 18.9 Å². The summed E-state index contributed by atoms with van der Waals surface area (Å²) in [5.74, 6) is -1.88. The van der Waals surface area contributed by atoms with Gasteiger partial charge in [-0.15, -0.1) is 0 Å². The standard InChI is InChI=1S/C14H17N3O8S/c1-6(18)22-5-9-11(23-7(2)19)12(24-8(3)20)13(25-9)17-14(26)16-10(21)4-15-17/h4,9,11-13H,5H2,1-3H3,(H,16,21,26)/t9-,11?,12?,13-/m1/s1. The molecule has 142 valence electrons. The van der Waals surface area contributed by atoms with Crippen LogP contribution in [-0.4, -0.2) is 57.6 Å². The number of carbonyl (C=O) groups excluding carboxylic acids is 3. The highest BCUT2D eigenvalue weighted by Gasteiger charge is 2.51. The molecule has 1 aliphatic rings. The van der Waals surface area contributed by atoms with E-state index in [9.17, 15) is 19.2 Å². The molecule has 0 bridgehead atoms. The van der Waals surface area contributed by atoms with E-state index in [0.717, 1.165) is 10.9 Å². The molecule has 1 aliphatic heterocycles. The number of esters is 3. The summed E-state index contributed by atoms with van der Waals surface area (Å²) in [5, 5.41) is 3.86. The van der Waals surface area contributed by atoms with Gasteiger partial charge in [0, 0.05) is 20.8 Å².